The maximum Gasteiger partial charge on any atom is 0.229 e. The number of hydrogen-bond acceptors (Lipinski definition) is 9. The standard InChI is InChI=1S/C20H22FN5O5S/c1-29-13-6-7-15(16(10-13)26-32(4,27)28)24-19-14(21)11-22-20(25-19)23-12-5-8-17(30-2)18(9-12)31-3/h5-11,26H,1-4H3,(H2,22,23,24,25). The molecule has 3 aromatic rings. The first kappa shape index (κ1) is 22.9. The molecule has 1 aromatic heterocycles. The van der Waals surface area contributed by atoms with Gasteiger partial charge in [-0.3, -0.25) is 4.72 Å². The quantitative estimate of drug-likeness (QED) is 0.437. The molecule has 3 rings (SSSR count). The number of hydrogen-bond donors (Lipinski definition) is 3. The summed E-state index contributed by atoms with van der Waals surface area (Å²) < 4.78 is 55.8. The van der Waals surface area contributed by atoms with Gasteiger partial charge >= 0.3 is 0 Å². The molecule has 0 fully saturated rings. The summed E-state index contributed by atoms with van der Waals surface area (Å²) in [5.74, 6) is 0.667. The molecule has 3 N–H and O–H groups in total. The number of aromatic nitrogens is 2. The Morgan fingerprint density at radius 2 is 1.66 bits per heavy atom. The second-order valence-electron chi connectivity index (χ2n) is 6.50. The van der Waals surface area contributed by atoms with Crippen LogP contribution in [0.5, 0.6) is 17.2 Å². The molecule has 170 valence electrons. The van der Waals surface area contributed by atoms with E-state index in [9.17, 15) is 12.8 Å². The molecule has 0 radical (unpaired) electrons. The first-order chi connectivity index (χ1) is 15.2. The van der Waals surface area contributed by atoms with Crippen LogP contribution < -0.4 is 29.6 Å². The summed E-state index contributed by atoms with van der Waals surface area (Å²) in [5, 5.41) is 5.75. The second kappa shape index (κ2) is 9.56. The van der Waals surface area contributed by atoms with E-state index in [1.165, 1.54) is 33.5 Å². The van der Waals surface area contributed by atoms with Gasteiger partial charge in [-0.15, -0.1) is 0 Å². The lowest BCUT2D eigenvalue weighted by Crippen LogP contribution is -2.12. The number of halogens is 1. The third kappa shape index (κ3) is 5.66. The minimum Gasteiger partial charge on any atom is -0.497 e. The topological polar surface area (TPSA) is 124 Å². The molecule has 0 saturated heterocycles. The Kier molecular flexibility index (Phi) is 6.83. The Labute approximate surface area is 184 Å². The van der Waals surface area contributed by atoms with Gasteiger partial charge in [0.2, 0.25) is 16.0 Å². The highest BCUT2D eigenvalue weighted by Crippen LogP contribution is 2.32. The van der Waals surface area contributed by atoms with Crippen LogP contribution in [0.2, 0.25) is 0 Å². The molecule has 12 heteroatoms. The van der Waals surface area contributed by atoms with Gasteiger partial charge in [-0.05, 0) is 24.3 Å². The summed E-state index contributed by atoms with van der Waals surface area (Å²) in [5.41, 5.74) is 1.02. The number of nitrogens with zero attached hydrogens (tertiary/aromatic N) is 2. The Morgan fingerprint density at radius 3 is 2.31 bits per heavy atom. The SMILES string of the molecule is COc1ccc(Nc2nc(Nc3ccc(OC)c(OC)c3)ncc2F)c(NS(C)(=O)=O)c1. The number of ether oxygens (including phenoxy) is 3. The van der Waals surface area contributed by atoms with Gasteiger partial charge in [0, 0.05) is 17.8 Å². The third-order valence-corrected chi connectivity index (χ3v) is 4.75. The lowest BCUT2D eigenvalue weighted by molar-refractivity contribution is 0.355. The third-order valence-electron chi connectivity index (χ3n) is 4.16. The summed E-state index contributed by atoms with van der Waals surface area (Å²) in [6.45, 7) is 0. The summed E-state index contributed by atoms with van der Waals surface area (Å²) >= 11 is 0. The van der Waals surface area contributed by atoms with Crippen molar-refractivity contribution < 1.29 is 27.0 Å². The molecule has 2 aromatic carbocycles. The normalized spacial score (nSPS) is 10.9. The van der Waals surface area contributed by atoms with Crippen LogP contribution in [-0.4, -0.2) is 46.0 Å². The average molecular weight is 463 g/mol. The zero-order valence-electron chi connectivity index (χ0n) is 17.8. The Morgan fingerprint density at radius 1 is 0.906 bits per heavy atom. The maximum absolute atomic E-state index is 14.4. The molecule has 0 bridgehead atoms. The fraction of sp³-hybridized carbons (Fsp3) is 0.200. The van der Waals surface area contributed by atoms with E-state index in [2.05, 4.69) is 25.3 Å². The zero-order chi connectivity index (χ0) is 23.3. The lowest BCUT2D eigenvalue weighted by Gasteiger charge is -2.15. The van der Waals surface area contributed by atoms with E-state index in [0.29, 0.717) is 22.9 Å². The predicted molar refractivity (Wildman–Crippen MR) is 120 cm³/mol. The molecule has 0 aliphatic heterocycles. The average Bonchev–Trinajstić information content (AvgIpc) is 2.76. The number of benzene rings is 2. The Bertz CT molecular complexity index is 1220. The fourth-order valence-electron chi connectivity index (χ4n) is 2.73. The molecular formula is C20H22FN5O5S. The van der Waals surface area contributed by atoms with E-state index >= 15 is 0 Å². The van der Waals surface area contributed by atoms with Crippen molar-refractivity contribution in [1.29, 1.82) is 0 Å². The van der Waals surface area contributed by atoms with Crippen molar-refractivity contribution in [2.45, 2.75) is 0 Å². The van der Waals surface area contributed by atoms with Crippen molar-refractivity contribution in [2.75, 3.05) is 42.9 Å². The van der Waals surface area contributed by atoms with E-state index in [4.69, 9.17) is 14.2 Å². The van der Waals surface area contributed by atoms with Gasteiger partial charge in [0.25, 0.3) is 0 Å². The zero-order valence-corrected chi connectivity index (χ0v) is 18.6. The van der Waals surface area contributed by atoms with Crippen LogP contribution in [0, 0.1) is 5.82 Å². The first-order valence-electron chi connectivity index (χ1n) is 9.17. The van der Waals surface area contributed by atoms with E-state index in [1.54, 1.807) is 24.3 Å². The molecule has 32 heavy (non-hydrogen) atoms. The van der Waals surface area contributed by atoms with Gasteiger partial charge < -0.3 is 24.8 Å². The minimum atomic E-state index is -3.59. The number of rotatable bonds is 9. The van der Waals surface area contributed by atoms with Gasteiger partial charge in [0.1, 0.15) is 5.75 Å². The molecule has 10 nitrogen and oxygen atoms in total. The maximum atomic E-state index is 14.4. The Hall–Kier alpha value is -3.80. The van der Waals surface area contributed by atoms with Gasteiger partial charge in [-0.2, -0.15) is 4.98 Å². The largest absolute Gasteiger partial charge is 0.497 e. The number of methoxy groups -OCH3 is 3. The number of sulfonamides is 1. The van der Waals surface area contributed by atoms with Crippen molar-refractivity contribution in [3.63, 3.8) is 0 Å². The predicted octanol–water partition coefficient (Wildman–Crippen LogP) is 3.50. The monoisotopic (exact) mass is 463 g/mol. The summed E-state index contributed by atoms with van der Waals surface area (Å²) in [6.07, 6.45) is 2.00. The van der Waals surface area contributed by atoms with Crippen molar-refractivity contribution in [1.82, 2.24) is 9.97 Å². The molecule has 0 aliphatic carbocycles. The van der Waals surface area contributed by atoms with Crippen LogP contribution in [0.1, 0.15) is 0 Å². The van der Waals surface area contributed by atoms with Crippen molar-refractivity contribution in [2.24, 2.45) is 0 Å². The molecule has 0 unspecified atom stereocenters. The number of nitrogens with one attached hydrogen (secondary N) is 3. The van der Waals surface area contributed by atoms with Crippen LogP contribution in [-0.2, 0) is 10.0 Å². The van der Waals surface area contributed by atoms with E-state index in [0.717, 1.165) is 12.5 Å². The van der Waals surface area contributed by atoms with Gasteiger partial charge in [-0.25, -0.2) is 17.8 Å². The van der Waals surface area contributed by atoms with Crippen LogP contribution in [0.3, 0.4) is 0 Å². The van der Waals surface area contributed by atoms with Crippen molar-refractivity contribution in [3.8, 4) is 17.2 Å². The molecular weight excluding hydrogens is 441 g/mol. The first-order valence-corrected chi connectivity index (χ1v) is 11.1. The lowest BCUT2D eigenvalue weighted by atomic mass is 10.2. The summed E-state index contributed by atoms with van der Waals surface area (Å²) in [4.78, 5) is 8.09. The van der Waals surface area contributed by atoms with Crippen LogP contribution in [0.4, 0.5) is 33.2 Å². The van der Waals surface area contributed by atoms with Crippen LogP contribution in [0.15, 0.2) is 42.6 Å². The number of anilines is 5. The van der Waals surface area contributed by atoms with Crippen LogP contribution in [0.25, 0.3) is 0 Å². The van der Waals surface area contributed by atoms with Crippen molar-refractivity contribution in [3.05, 3.63) is 48.4 Å². The minimum absolute atomic E-state index is 0.104. The molecule has 0 saturated carbocycles. The van der Waals surface area contributed by atoms with E-state index in [1.807, 2.05) is 0 Å². The summed E-state index contributed by atoms with van der Waals surface area (Å²) in [7, 11) is 0.887. The smallest absolute Gasteiger partial charge is 0.229 e. The molecule has 0 atom stereocenters. The Balaban J connectivity index is 1.90. The highest BCUT2D eigenvalue weighted by molar-refractivity contribution is 7.92. The molecule has 0 spiro atoms. The van der Waals surface area contributed by atoms with Gasteiger partial charge in [0.05, 0.1) is 45.2 Å². The van der Waals surface area contributed by atoms with E-state index in [-0.39, 0.29) is 23.1 Å². The molecule has 0 aliphatic rings. The van der Waals surface area contributed by atoms with Crippen molar-refractivity contribution >= 4 is 38.9 Å². The van der Waals surface area contributed by atoms with Crippen LogP contribution >= 0.6 is 0 Å². The summed E-state index contributed by atoms with van der Waals surface area (Å²) in [6, 6.07) is 9.69. The highest BCUT2D eigenvalue weighted by Gasteiger charge is 2.14. The van der Waals surface area contributed by atoms with Gasteiger partial charge in [0.15, 0.2) is 23.1 Å². The molecule has 0 amide bonds. The fourth-order valence-corrected chi connectivity index (χ4v) is 3.30. The second-order valence-corrected chi connectivity index (χ2v) is 8.24. The molecule has 1 heterocycles. The van der Waals surface area contributed by atoms with Gasteiger partial charge in [-0.1, -0.05) is 0 Å². The van der Waals surface area contributed by atoms with E-state index < -0.39 is 15.8 Å². The highest BCUT2D eigenvalue weighted by atomic mass is 32.2.